The van der Waals surface area contributed by atoms with Crippen molar-refractivity contribution in [1.29, 1.82) is 0 Å². The molecule has 1 aliphatic heterocycles. The van der Waals surface area contributed by atoms with Crippen molar-refractivity contribution in [3.8, 4) is 0 Å². The fourth-order valence-electron chi connectivity index (χ4n) is 0.489. The van der Waals surface area contributed by atoms with Gasteiger partial charge in [-0.1, -0.05) is 6.58 Å². The van der Waals surface area contributed by atoms with E-state index in [1.165, 1.54) is 0 Å². The number of carbonyl (C=O) groups is 1. The first-order valence-electron chi connectivity index (χ1n) is 3.09. The van der Waals surface area contributed by atoms with E-state index in [1.807, 2.05) is 6.92 Å². The zero-order valence-electron chi connectivity index (χ0n) is 5.92. The average Bonchev–Trinajstić information content (AvgIpc) is 2.64. The molecule has 1 atom stereocenters. The summed E-state index contributed by atoms with van der Waals surface area (Å²) in [6.07, 6.45) is 1.14. The minimum atomic E-state index is -0.392. The third-order valence-corrected chi connectivity index (χ3v) is 1.32. The Hall–Kier alpha value is -0.830. The first-order chi connectivity index (χ1) is 4.66. The van der Waals surface area contributed by atoms with E-state index in [2.05, 4.69) is 6.58 Å². The molecule has 0 amide bonds. The maximum Gasteiger partial charge on any atom is 0.330 e. The number of hydrogen-bond acceptors (Lipinski definition) is 3. The number of hydrogen-bond donors (Lipinski definition) is 0. The molecule has 3 heteroatoms. The lowest BCUT2D eigenvalue weighted by molar-refractivity contribution is -0.139. The molecule has 1 saturated heterocycles. The summed E-state index contributed by atoms with van der Waals surface area (Å²) in [5.74, 6) is -0.392. The number of carbonyl (C=O) groups excluding carboxylic acids is 1. The smallest absolute Gasteiger partial charge is 0.330 e. The van der Waals surface area contributed by atoms with Crippen molar-refractivity contribution >= 4 is 5.97 Å². The number of epoxide rings is 1. The van der Waals surface area contributed by atoms with Crippen LogP contribution in [0.4, 0.5) is 0 Å². The van der Waals surface area contributed by atoms with Crippen LogP contribution in [0.2, 0.25) is 0 Å². The topological polar surface area (TPSA) is 38.8 Å². The van der Waals surface area contributed by atoms with Crippen LogP contribution < -0.4 is 0 Å². The molecule has 1 rings (SSSR count). The monoisotopic (exact) mass is 142 g/mol. The van der Waals surface area contributed by atoms with E-state index in [4.69, 9.17) is 9.47 Å². The predicted molar refractivity (Wildman–Crippen MR) is 35.5 cm³/mol. The highest BCUT2D eigenvalue weighted by Crippen LogP contribution is 2.25. The standard InChI is InChI=1S/C7H10O3/c1-3-6(8)9-4-7(2)5-10-7/h3H,1,4-5H2,2H3. The molecule has 56 valence electrons. The van der Waals surface area contributed by atoms with Gasteiger partial charge in [-0.25, -0.2) is 4.79 Å². The molecule has 1 heterocycles. The second kappa shape index (κ2) is 2.42. The van der Waals surface area contributed by atoms with E-state index in [9.17, 15) is 4.79 Å². The van der Waals surface area contributed by atoms with E-state index in [1.54, 1.807) is 0 Å². The van der Waals surface area contributed by atoms with Crippen LogP contribution in [0.3, 0.4) is 0 Å². The lowest BCUT2D eigenvalue weighted by atomic mass is 10.2. The summed E-state index contributed by atoms with van der Waals surface area (Å²) in [5, 5.41) is 0. The minimum Gasteiger partial charge on any atom is -0.459 e. The largest absolute Gasteiger partial charge is 0.459 e. The molecule has 0 radical (unpaired) electrons. The predicted octanol–water partition coefficient (Wildman–Crippen LogP) is 0.504. The van der Waals surface area contributed by atoms with Gasteiger partial charge in [-0.05, 0) is 6.92 Å². The molecule has 3 nitrogen and oxygen atoms in total. The van der Waals surface area contributed by atoms with Gasteiger partial charge in [0.2, 0.25) is 0 Å². The lowest BCUT2D eigenvalue weighted by Gasteiger charge is -2.03. The third kappa shape index (κ3) is 1.84. The van der Waals surface area contributed by atoms with Gasteiger partial charge in [0.1, 0.15) is 12.2 Å². The van der Waals surface area contributed by atoms with Crippen LogP contribution in [0.5, 0.6) is 0 Å². The van der Waals surface area contributed by atoms with Crippen molar-refractivity contribution < 1.29 is 14.3 Å². The Kier molecular flexibility index (Phi) is 1.76. The number of rotatable bonds is 3. The van der Waals surface area contributed by atoms with Gasteiger partial charge >= 0.3 is 5.97 Å². The second-order valence-corrected chi connectivity index (χ2v) is 2.55. The molecule has 0 spiro atoms. The Labute approximate surface area is 59.6 Å². The van der Waals surface area contributed by atoms with E-state index in [-0.39, 0.29) is 5.60 Å². The van der Waals surface area contributed by atoms with Gasteiger partial charge in [0.05, 0.1) is 6.61 Å². The van der Waals surface area contributed by atoms with Gasteiger partial charge in [0, 0.05) is 6.08 Å². The summed E-state index contributed by atoms with van der Waals surface area (Å²) >= 11 is 0. The SMILES string of the molecule is C=CC(=O)OCC1(C)CO1. The molecule has 1 aliphatic rings. The Balaban J connectivity index is 2.16. The normalized spacial score (nSPS) is 29.3. The zero-order chi connectivity index (χ0) is 7.61. The quantitative estimate of drug-likeness (QED) is 0.327. The second-order valence-electron chi connectivity index (χ2n) is 2.55. The highest BCUT2D eigenvalue weighted by Gasteiger charge is 2.40. The van der Waals surface area contributed by atoms with Crippen molar-refractivity contribution in [2.45, 2.75) is 12.5 Å². The van der Waals surface area contributed by atoms with Crippen LogP contribution >= 0.6 is 0 Å². The summed E-state index contributed by atoms with van der Waals surface area (Å²) in [7, 11) is 0. The first-order valence-corrected chi connectivity index (χ1v) is 3.09. The fourth-order valence-corrected chi connectivity index (χ4v) is 0.489. The highest BCUT2D eigenvalue weighted by molar-refractivity contribution is 5.81. The van der Waals surface area contributed by atoms with E-state index in [0.717, 1.165) is 6.08 Å². The Morgan fingerprint density at radius 1 is 2.00 bits per heavy atom. The minimum absolute atomic E-state index is 0.210. The lowest BCUT2D eigenvalue weighted by Crippen LogP contribution is -2.16. The van der Waals surface area contributed by atoms with Crippen molar-refractivity contribution in [3.05, 3.63) is 12.7 Å². The first kappa shape index (κ1) is 7.28. The van der Waals surface area contributed by atoms with Crippen LogP contribution in [-0.4, -0.2) is 24.8 Å². The molecule has 0 aromatic heterocycles. The summed E-state index contributed by atoms with van der Waals surface area (Å²) in [6, 6.07) is 0. The van der Waals surface area contributed by atoms with Gasteiger partial charge < -0.3 is 9.47 Å². The summed E-state index contributed by atoms with van der Waals surface area (Å²) in [6.45, 7) is 6.17. The van der Waals surface area contributed by atoms with Crippen LogP contribution in [0.25, 0.3) is 0 Å². The molecule has 0 N–H and O–H groups in total. The summed E-state index contributed by atoms with van der Waals surface area (Å²) in [5.41, 5.74) is -0.210. The van der Waals surface area contributed by atoms with Gasteiger partial charge in [0.25, 0.3) is 0 Å². The summed E-state index contributed by atoms with van der Waals surface area (Å²) in [4.78, 5) is 10.5. The molecule has 0 aromatic carbocycles. The van der Waals surface area contributed by atoms with Crippen LogP contribution in [0, 0.1) is 0 Å². The van der Waals surface area contributed by atoms with Gasteiger partial charge in [-0.3, -0.25) is 0 Å². The molecule has 0 saturated carbocycles. The molecule has 10 heavy (non-hydrogen) atoms. The van der Waals surface area contributed by atoms with Crippen molar-refractivity contribution in [2.75, 3.05) is 13.2 Å². The highest BCUT2D eigenvalue weighted by atomic mass is 16.6. The molecule has 1 unspecified atom stereocenters. The van der Waals surface area contributed by atoms with Crippen LogP contribution in [0.15, 0.2) is 12.7 Å². The summed E-state index contributed by atoms with van der Waals surface area (Å²) < 4.78 is 9.72. The van der Waals surface area contributed by atoms with Gasteiger partial charge in [-0.15, -0.1) is 0 Å². The van der Waals surface area contributed by atoms with Crippen LogP contribution in [-0.2, 0) is 14.3 Å². The van der Waals surface area contributed by atoms with Gasteiger partial charge in [-0.2, -0.15) is 0 Å². The Morgan fingerprint density at radius 2 is 2.60 bits per heavy atom. The number of ether oxygens (including phenoxy) is 2. The Bertz CT molecular complexity index is 158. The molecule has 0 bridgehead atoms. The van der Waals surface area contributed by atoms with E-state index >= 15 is 0 Å². The van der Waals surface area contributed by atoms with Crippen molar-refractivity contribution in [2.24, 2.45) is 0 Å². The average molecular weight is 142 g/mol. The van der Waals surface area contributed by atoms with Gasteiger partial charge in [0.15, 0.2) is 0 Å². The Morgan fingerprint density at radius 3 is 3.00 bits per heavy atom. The molecule has 0 aliphatic carbocycles. The van der Waals surface area contributed by atoms with Crippen molar-refractivity contribution in [3.63, 3.8) is 0 Å². The zero-order valence-corrected chi connectivity index (χ0v) is 5.92. The number of esters is 1. The maximum atomic E-state index is 10.5. The molecular weight excluding hydrogens is 132 g/mol. The van der Waals surface area contributed by atoms with Crippen LogP contribution in [0.1, 0.15) is 6.92 Å². The molecule has 1 fully saturated rings. The third-order valence-electron chi connectivity index (χ3n) is 1.32. The van der Waals surface area contributed by atoms with Crippen molar-refractivity contribution in [1.82, 2.24) is 0 Å². The van der Waals surface area contributed by atoms with E-state index < -0.39 is 5.97 Å². The fraction of sp³-hybridized carbons (Fsp3) is 0.571. The maximum absolute atomic E-state index is 10.5. The van der Waals surface area contributed by atoms with E-state index in [0.29, 0.717) is 13.2 Å². The molecular formula is C7H10O3. The molecule has 0 aromatic rings.